The van der Waals surface area contributed by atoms with Crippen LogP contribution in [0.4, 0.5) is 37.7 Å². The van der Waals surface area contributed by atoms with Gasteiger partial charge in [0.2, 0.25) is 0 Å². The Hall–Kier alpha value is -3.72. The predicted octanol–water partition coefficient (Wildman–Crippen LogP) is 3.48. The van der Waals surface area contributed by atoms with Gasteiger partial charge in [-0.05, 0) is 38.4 Å². The molecule has 2 aromatic rings. The third kappa shape index (κ3) is 7.07. The fraction of sp³-hybridized carbons (Fsp3) is 0.368. The topological polar surface area (TPSA) is 176 Å². The molecule has 0 saturated heterocycles. The number of hydrogen-bond donors (Lipinski definition) is 0. The van der Waals surface area contributed by atoms with Crippen LogP contribution in [0.25, 0.3) is 0 Å². The molecule has 0 aliphatic heterocycles. The van der Waals surface area contributed by atoms with E-state index in [0.29, 0.717) is 24.3 Å². The van der Waals surface area contributed by atoms with E-state index in [1.54, 1.807) is 0 Å². The van der Waals surface area contributed by atoms with Crippen LogP contribution in [0, 0.1) is 20.2 Å². The molecule has 40 heavy (non-hydrogen) atoms. The highest BCUT2D eigenvalue weighted by Crippen LogP contribution is 2.37. The number of nitrogens with zero attached hydrogens (tertiary/aromatic N) is 3. The molecule has 0 fully saturated rings. The minimum atomic E-state index is -5.95. The quantitative estimate of drug-likeness (QED) is 0.203. The number of ether oxygens (including phenoxy) is 2. The molecule has 2 rings (SSSR count). The summed E-state index contributed by atoms with van der Waals surface area (Å²) in [5, 5.41) is 22.8. The molecular formula is C19H17F6N3O10S2. The summed E-state index contributed by atoms with van der Waals surface area (Å²) < 4.78 is 134. The number of rotatable bonds is 11. The van der Waals surface area contributed by atoms with Gasteiger partial charge in [0.1, 0.15) is 12.7 Å². The van der Waals surface area contributed by atoms with Crippen LogP contribution in [0.1, 0.15) is 0 Å². The molecule has 0 heterocycles. The highest BCUT2D eigenvalue weighted by molar-refractivity contribution is 7.92. The van der Waals surface area contributed by atoms with E-state index in [1.807, 2.05) is 0 Å². The van der Waals surface area contributed by atoms with Crippen molar-refractivity contribution >= 4 is 31.0 Å². The number of likely N-dealkylation sites (N-methyl/N-ethyl adjacent to an activating group) is 1. The largest absolute Gasteiger partial charge is 0.501 e. The first kappa shape index (κ1) is 32.5. The molecule has 0 bridgehead atoms. The Morgan fingerprint density at radius 3 is 1.57 bits per heavy atom. The average Bonchev–Trinajstić information content (AvgIpc) is 2.80. The lowest BCUT2D eigenvalue weighted by atomic mass is 10.2. The van der Waals surface area contributed by atoms with E-state index in [4.69, 9.17) is 9.47 Å². The highest BCUT2D eigenvalue weighted by Gasteiger charge is 2.48. The third-order valence-corrected chi connectivity index (χ3v) is 7.74. The van der Waals surface area contributed by atoms with Crippen molar-refractivity contribution in [1.82, 2.24) is 4.90 Å². The van der Waals surface area contributed by atoms with Crippen LogP contribution in [0.5, 0.6) is 11.5 Å². The van der Waals surface area contributed by atoms with Crippen LogP contribution < -0.4 is 9.47 Å². The SMILES string of the molecule is CN(C)CC(COc1ccc(S(=O)(=O)C(F)(F)F)cc1[N+](=O)[O-])Oc1ccc(S(=O)(=O)C(F)(F)F)cc1[N+](=O)[O-]. The molecular weight excluding hydrogens is 608 g/mol. The normalized spacial score (nSPS) is 13.6. The number of alkyl halides is 6. The standard InChI is InChI=1S/C19H17F6N3O10S2/c1-26(2)9-11(38-17-6-4-13(8-15(17)28(31)32)40(35,36)19(23,24)25)10-37-16-5-3-12(7-14(16)27(29)30)39(33,34)18(20,21)22/h3-8,11H,9-10H2,1-2H3. The van der Waals surface area contributed by atoms with E-state index in [0.717, 1.165) is 0 Å². The lowest BCUT2D eigenvalue weighted by molar-refractivity contribution is -0.386. The van der Waals surface area contributed by atoms with Crippen LogP contribution in [0.15, 0.2) is 46.2 Å². The van der Waals surface area contributed by atoms with Crippen LogP contribution >= 0.6 is 0 Å². The van der Waals surface area contributed by atoms with Crippen molar-refractivity contribution in [3.8, 4) is 11.5 Å². The van der Waals surface area contributed by atoms with E-state index < -0.39 is 85.9 Å². The number of sulfone groups is 2. The predicted molar refractivity (Wildman–Crippen MR) is 121 cm³/mol. The monoisotopic (exact) mass is 625 g/mol. The van der Waals surface area contributed by atoms with E-state index >= 15 is 0 Å². The molecule has 0 aromatic heterocycles. The zero-order valence-corrected chi connectivity index (χ0v) is 21.6. The van der Waals surface area contributed by atoms with Gasteiger partial charge in [-0.2, -0.15) is 26.3 Å². The van der Waals surface area contributed by atoms with Crippen molar-refractivity contribution in [2.75, 3.05) is 27.2 Å². The fourth-order valence-electron chi connectivity index (χ4n) is 3.00. The van der Waals surface area contributed by atoms with Gasteiger partial charge in [-0.15, -0.1) is 0 Å². The molecule has 0 radical (unpaired) electrons. The zero-order valence-electron chi connectivity index (χ0n) is 20.0. The van der Waals surface area contributed by atoms with Crippen molar-refractivity contribution < 1.29 is 62.5 Å². The summed E-state index contributed by atoms with van der Waals surface area (Å²) in [6.07, 6.45) is -1.29. The third-order valence-electron chi connectivity index (χ3n) is 4.77. The van der Waals surface area contributed by atoms with Crippen LogP contribution in [-0.4, -0.2) is 75.9 Å². The number of nitro groups is 2. The van der Waals surface area contributed by atoms with Gasteiger partial charge in [-0.1, -0.05) is 0 Å². The lowest BCUT2D eigenvalue weighted by Crippen LogP contribution is -2.36. The minimum absolute atomic E-state index is 0.116. The maximum atomic E-state index is 12.9. The summed E-state index contributed by atoms with van der Waals surface area (Å²) in [4.78, 5) is 18.9. The van der Waals surface area contributed by atoms with Gasteiger partial charge in [0, 0.05) is 18.7 Å². The molecule has 0 spiro atoms. The zero-order chi connectivity index (χ0) is 30.8. The number of halogens is 6. The molecule has 13 nitrogen and oxygen atoms in total. The first-order valence-electron chi connectivity index (χ1n) is 10.2. The Kier molecular flexibility index (Phi) is 9.27. The first-order valence-corrected chi connectivity index (χ1v) is 13.2. The Morgan fingerprint density at radius 1 is 0.800 bits per heavy atom. The Bertz CT molecular complexity index is 1510. The average molecular weight is 625 g/mol. The summed E-state index contributed by atoms with van der Waals surface area (Å²) >= 11 is 0. The van der Waals surface area contributed by atoms with Crippen molar-refractivity contribution in [3.63, 3.8) is 0 Å². The summed E-state index contributed by atoms with van der Waals surface area (Å²) in [5.74, 6) is -1.41. The van der Waals surface area contributed by atoms with Crippen molar-refractivity contribution in [3.05, 3.63) is 56.6 Å². The molecule has 1 unspecified atom stereocenters. The van der Waals surface area contributed by atoms with Gasteiger partial charge in [-0.25, -0.2) is 16.8 Å². The number of benzene rings is 2. The molecule has 1 atom stereocenters. The Morgan fingerprint density at radius 2 is 1.20 bits per heavy atom. The second-order valence-electron chi connectivity index (χ2n) is 7.98. The second-order valence-corrected chi connectivity index (χ2v) is 11.9. The summed E-state index contributed by atoms with van der Waals surface area (Å²) in [7, 11) is -8.94. The van der Waals surface area contributed by atoms with Crippen molar-refractivity contribution in [2.45, 2.75) is 26.9 Å². The Labute approximate surface area is 221 Å². The summed E-state index contributed by atoms with van der Waals surface area (Å²) in [6, 6.07) is 2.20. The second kappa shape index (κ2) is 11.4. The van der Waals surface area contributed by atoms with Gasteiger partial charge in [0.05, 0.1) is 19.6 Å². The van der Waals surface area contributed by atoms with Gasteiger partial charge < -0.3 is 14.4 Å². The molecule has 0 aliphatic rings. The molecule has 0 amide bonds. The Balaban J connectivity index is 2.43. The molecule has 0 aliphatic carbocycles. The van der Waals surface area contributed by atoms with E-state index in [-0.39, 0.29) is 18.7 Å². The van der Waals surface area contributed by atoms with Crippen LogP contribution in [0.3, 0.4) is 0 Å². The van der Waals surface area contributed by atoms with E-state index in [9.17, 15) is 63.4 Å². The lowest BCUT2D eigenvalue weighted by Gasteiger charge is -2.23. The number of hydrogen-bond acceptors (Lipinski definition) is 11. The van der Waals surface area contributed by atoms with Gasteiger partial charge in [-0.3, -0.25) is 20.2 Å². The maximum Gasteiger partial charge on any atom is 0.501 e. The van der Waals surface area contributed by atoms with Gasteiger partial charge in [0.15, 0.2) is 11.5 Å². The van der Waals surface area contributed by atoms with E-state index in [2.05, 4.69) is 0 Å². The first-order chi connectivity index (χ1) is 18.1. The smallest absolute Gasteiger partial charge is 0.483 e. The maximum absolute atomic E-state index is 12.9. The fourth-order valence-corrected chi connectivity index (χ4v) is 4.56. The molecule has 222 valence electrons. The van der Waals surface area contributed by atoms with Crippen molar-refractivity contribution in [2.24, 2.45) is 0 Å². The molecule has 21 heteroatoms. The van der Waals surface area contributed by atoms with E-state index in [1.165, 1.54) is 19.0 Å². The summed E-state index contributed by atoms with van der Waals surface area (Å²) in [5.41, 5.74) is -13.9. The van der Waals surface area contributed by atoms with Crippen LogP contribution in [-0.2, 0) is 19.7 Å². The van der Waals surface area contributed by atoms with Crippen molar-refractivity contribution in [1.29, 1.82) is 0 Å². The molecule has 0 saturated carbocycles. The van der Waals surface area contributed by atoms with Gasteiger partial charge in [0.25, 0.3) is 19.7 Å². The molecule has 0 N–H and O–H groups in total. The van der Waals surface area contributed by atoms with Gasteiger partial charge >= 0.3 is 22.4 Å². The minimum Gasteiger partial charge on any atom is -0.483 e. The highest BCUT2D eigenvalue weighted by atomic mass is 32.2. The van der Waals surface area contributed by atoms with Crippen LogP contribution in [0.2, 0.25) is 0 Å². The number of nitro benzene ring substituents is 2. The molecule has 2 aromatic carbocycles. The summed E-state index contributed by atoms with van der Waals surface area (Å²) in [6.45, 7) is -0.863.